The Morgan fingerprint density at radius 2 is 1.45 bits per heavy atom. The van der Waals surface area contributed by atoms with E-state index in [4.69, 9.17) is 4.52 Å². The molecule has 1 fully saturated rings. The molecule has 31 heavy (non-hydrogen) atoms. The number of aryl methyl sites for hydroxylation is 2. The van der Waals surface area contributed by atoms with E-state index in [-0.39, 0.29) is 30.0 Å². The van der Waals surface area contributed by atoms with Crippen molar-refractivity contribution in [3.8, 4) is 0 Å². The maximum Gasteiger partial charge on any atom is 0.227 e. The molecule has 162 valence electrons. The zero-order valence-corrected chi connectivity index (χ0v) is 17.6. The van der Waals surface area contributed by atoms with Gasteiger partial charge in [-0.05, 0) is 49.2 Å². The van der Waals surface area contributed by atoms with Crippen LogP contribution in [0.2, 0.25) is 0 Å². The van der Waals surface area contributed by atoms with Gasteiger partial charge in [0.15, 0.2) is 0 Å². The summed E-state index contributed by atoms with van der Waals surface area (Å²) in [4.78, 5) is 16.9. The van der Waals surface area contributed by atoms with E-state index < -0.39 is 0 Å². The largest absolute Gasteiger partial charge is 0.361 e. The molecule has 0 radical (unpaired) electrons. The zero-order chi connectivity index (χ0) is 22.0. The summed E-state index contributed by atoms with van der Waals surface area (Å²) in [6.07, 6.45) is 0.278. The normalized spacial score (nSPS) is 14.9. The standard InChI is InChI=1S/C24H25F2N3O2/c1-16-22(17(2)31-27-16)15-23(30)28-11-13-29(14-12-28)24(18-3-7-20(25)8-4-18)19-5-9-21(26)10-6-19/h3-10,24H,11-15H2,1-2H3. The van der Waals surface area contributed by atoms with E-state index in [9.17, 15) is 13.6 Å². The number of piperazine rings is 1. The highest BCUT2D eigenvalue weighted by Crippen LogP contribution is 2.30. The van der Waals surface area contributed by atoms with Crippen LogP contribution < -0.4 is 0 Å². The summed E-state index contributed by atoms with van der Waals surface area (Å²) in [6.45, 7) is 6.14. The quantitative estimate of drug-likeness (QED) is 0.619. The van der Waals surface area contributed by atoms with Crippen molar-refractivity contribution >= 4 is 5.91 Å². The number of hydrogen-bond donors (Lipinski definition) is 0. The number of amides is 1. The first kappa shape index (κ1) is 21.2. The Labute approximate surface area is 180 Å². The maximum atomic E-state index is 13.5. The minimum absolute atomic E-state index is 0.0502. The predicted molar refractivity (Wildman–Crippen MR) is 112 cm³/mol. The molecule has 1 aromatic heterocycles. The van der Waals surface area contributed by atoms with Gasteiger partial charge >= 0.3 is 0 Å². The van der Waals surface area contributed by atoms with Crippen LogP contribution in [-0.2, 0) is 11.2 Å². The third-order valence-corrected chi connectivity index (χ3v) is 5.91. The summed E-state index contributed by atoms with van der Waals surface area (Å²) in [5.41, 5.74) is 3.46. The number of carbonyl (C=O) groups is 1. The number of aromatic nitrogens is 1. The van der Waals surface area contributed by atoms with E-state index in [2.05, 4.69) is 10.1 Å². The second kappa shape index (κ2) is 8.98. The SMILES string of the molecule is Cc1noc(C)c1CC(=O)N1CCN(C(c2ccc(F)cc2)c2ccc(F)cc2)CC1. The molecule has 1 amide bonds. The van der Waals surface area contributed by atoms with Crippen molar-refractivity contribution in [3.63, 3.8) is 0 Å². The first-order valence-electron chi connectivity index (χ1n) is 10.4. The summed E-state index contributed by atoms with van der Waals surface area (Å²) in [5.74, 6) is 0.138. The van der Waals surface area contributed by atoms with Crippen LogP contribution in [0.5, 0.6) is 0 Å². The van der Waals surface area contributed by atoms with Crippen LogP contribution in [0, 0.1) is 25.5 Å². The lowest BCUT2D eigenvalue weighted by atomic mass is 9.96. The van der Waals surface area contributed by atoms with Crippen LogP contribution in [-0.4, -0.2) is 47.0 Å². The van der Waals surface area contributed by atoms with Crippen LogP contribution in [0.1, 0.15) is 34.2 Å². The molecule has 0 spiro atoms. The zero-order valence-electron chi connectivity index (χ0n) is 17.6. The Kier molecular flexibility index (Phi) is 6.13. The van der Waals surface area contributed by atoms with Crippen molar-refractivity contribution in [2.75, 3.05) is 26.2 Å². The highest BCUT2D eigenvalue weighted by Gasteiger charge is 2.29. The third kappa shape index (κ3) is 4.66. The van der Waals surface area contributed by atoms with E-state index in [0.717, 1.165) is 22.4 Å². The summed E-state index contributed by atoms with van der Waals surface area (Å²) in [7, 11) is 0. The molecule has 2 aromatic carbocycles. The first-order valence-corrected chi connectivity index (χ1v) is 10.4. The molecule has 3 aromatic rings. The summed E-state index contributed by atoms with van der Waals surface area (Å²) >= 11 is 0. The lowest BCUT2D eigenvalue weighted by Crippen LogP contribution is -2.50. The average molecular weight is 425 g/mol. The van der Waals surface area contributed by atoms with Crippen molar-refractivity contribution in [3.05, 3.63) is 88.3 Å². The molecule has 0 N–H and O–H groups in total. The fourth-order valence-corrected chi connectivity index (χ4v) is 4.15. The summed E-state index contributed by atoms with van der Waals surface area (Å²) < 4.78 is 32.1. The van der Waals surface area contributed by atoms with Gasteiger partial charge in [0.2, 0.25) is 5.91 Å². The molecule has 1 aliphatic heterocycles. The molecule has 0 aliphatic carbocycles. The second-order valence-corrected chi connectivity index (χ2v) is 7.90. The van der Waals surface area contributed by atoms with Gasteiger partial charge < -0.3 is 9.42 Å². The third-order valence-electron chi connectivity index (χ3n) is 5.91. The van der Waals surface area contributed by atoms with Gasteiger partial charge in [0.05, 0.1) is 18.2 Å². The molecule has 4 rings (SSSR count). The Morgan fingerprint density at radius 3 is 1.90 bits per heavy atom. The predicted octanol–water partition coefficient (Wildman–Crippen LogP) is 4.05. The fourth-order valence-electron chi connectivity index (χ4n) is 4.15. The molecule has 0 saturated carbocycles. The van der Waals surface area contributed by atoms with Gasteiger partial charge in [-0.15, -0.1) is 0 Å². The molecule has 0 bridgehead atoms. The van der Waals surface area contributed by atoms with Crippen LogP contribution in [0.3, 0.4) is 0 Å². The Balaban J connectivity index is 1.49. The molecule has 1 aliphatic rings. The number of halogens is 2. The average Bonchev–Trinajstić information content (AvgIpc) is 3.09. The fraction of sp³-hybridized carbons (Fsp3) is 0.333. The van der Waals surface area contributed by atoms with E-state index in [0.29, 0.717) is 31.9 Å². The first-order chi connectivity index (χ1) is 14.9. The summed E-state index contributed by atoms with van der Waals surface area (Å²) in [5, 5.41) is 3.92. The van der Waals surface area contributed by atoms with Gasteiger partial charge in [-0.25, -0.2) is 8.78 Å². The lowest BCUT2D eigenvalue weighted by molar-refractivity contribution is -0.132. The van der Waals surface area contributed by atoms with Crippen LogP contribution in [0.4, 0.5) is 8.78 Å². The van der Waals surface area contributed by atoms with Gasteiger partial charge in [0.25, 0.3) is 0 Å². The van der Waals surface area contributed by atoms with Gasteiger partial charge in [-0.2, -0.15) is 0 Å². The number of hydrogen-bond acceptors (Lipinski definition) is 4. The van der Waals surface area contributed by atoms with Crippen LogP contribution >= 0.6 is 0 Å². The van der Waals surface area contributed by atoms with Crippen LogP contribution in [0.15, 0.2) is 53.1 Å². The van der Waals surface area contributed by atoms with Crippen molar-refractivity contribution < 1.29 is 18.1 Å². The van der Waals surface area contributed by atoms with Gasteiger partial charge in [-0.1, -0.05) is 29.4 Å². The smallest absolute Gasteiger partial charge is 0.227 e. The second-order valence-electron chi connectivity index (χ2n) is 7.90. The molecule has 0 atom stereocenters. The maximum absolute atomic E-state index is 13.5. The molecule has 1 saturated heterocycles. The number of nitrogens with zero attached hydrogens (tertiary/aromatic N) is 3. The summed E-state index contributed by atoms with van der Waals surface area (Å²) in [6, 6.07) is 12.7. The number of carbonyl (C=O) groups excluding carboxylic acids is 1. The van der Waals surface area contributed by atoms with Crippen molar-refractivity contribution in [2.45, 2.75) is 26.3 Å². The highest BCUT2D eigenvalue weighted by molar-refractivity contribution is 5.79. The van der Waals surface area contributed by atoms with Gasteiger partial charge in [0, 0.05) is 31.7 Å². The topological polar surface area (TPSA) is 49.6 Å². The Morgan fingerprint density at radius 1 is 0.935 bits per heavy atom. The highest BCUT2D eigenvalue weighted by atomic mass is 19.1. The molecular weight excluding hydrogens is 400 g/mol. The van der Waals surface area contributed by atoms with Crippen molar-refractivity contribution in [1.29, 1.82) is 0 Å². The van der Waals surface area contributed by atoms with Crippen molar-refractivity contribution in [1.82, 2.24) is 15.0 Å². The van der Waals surface area contributed by atoms with Crippen molar-refractivity contribution in [2.24, 2.45) is 0 Å². The molecular formula is C24H25F2N3O2. The Bertz CT molecular complexity index is 975. The minimum atomic E-state index is -0.295. The molecule has 5 nitrogen and oxygen atoms in total. The Hall–Kier alpha value is -3.06. The minimum Gasteiger partial charge on any atom is -0.361 e. The molecule has 2 heterocycles. The monoisotopic (exact) mass is 425 g/mol. The molecule has 0 unspecified atom stereocenters. The van der Waals surface area contributed by atoms with Crippen LogP contribution in [0.25, 0.3) is 0 Å². The number of rotatable bonds is 5. The lowest BCUT2D eigenvalue weighted by Gasteiger charge is -2.40. The number of benzene rings is 2. The van der Waals surface area contributed by atoms with E-state index in [1.54, 1.807) is 24.3 Å². The van der Waals surface area contributed by atoms with Gasteiger partial charge in [-0.3, -0.25) is 9.69 Å². The van der Waals surface area contributed by atoms with E-state index in [1.807, 2.05) is 18.7 Å². The van der Waals surface area contributed by atoms with E-state index in [1.165, 1.54) is 24.3 Å². The molecule has 7 heteroatoms. The van der Waals surface area contributed by atoms with E-state index >= 15 is 0 Å². The van der Waals surface area contributed by atoms with Gasteiger partial charge in [0.1, 0.15) is 17.4 Å².